The van der Waals surface area contributed by atoms with E-state index in [2.05, 4.69) is 26.2 Å². The number of carbonyl (C=O) groups is 2. The molecule has 2 aromatic carbocycles. The van der Waals surface area contributed by atoms with E-state index in [1.165, 1.54) is 18.6 Å². The topological polar surface area (TPSA) is 83.1 Å². The zero-order chi connectivity index (χ0) is 29.8. The summed E-state index contributed by atoms with van der Waals surface area (Å²) >= 11 is 5.03. The van der Waals surface area contributed by atoms with E-state index in [0.29, 0.717) is 28.2 Å². The molecule has 0 unspecified atom stereocenters. The van der Waals surface area contributed by atoms with E-state index >= 15 is 0 Å². The molecule has 8 nitrogen and oxygen atoms in total. The lowest BCUT2D eigenvalue weighted by Gasteiger charge is -2.25. The predicted octanol–water partition coefficient (Wildman–Crippen LogP) is 7.04. The SMILES string of the molecule is CNC(=O)c1c(-c2ccc(F)cc2)oc2cc(N(C)SC)ccc12.O=C(c1cn2c(Br)cccc2n1)N1CCCCC1. The van der Waals surface area contributed by atoms with Gasteiger partial charge in [0.1, 0.15) is 28.5 Å². The zero-order valence-electron chi connectivity index (χ0n) is 23.6. The maximum Gasteiger partial charge on any atom is 0.274 e. The summed E-state index contributed by atoms with van der Waals surface area (Å²) < 4.78 is 24.0. The van der Waals surface area contributed by atoms with Gasteiger partial charge in [-0.2, -0.15) is 0 Å². The molecule has 1 fully saturated rings. The molecule has 6 rings (SSSR count). The molecular weight excluding hydrogens is 621 g/mol. The summed E-state index contributed by atoms with van der Waals surface area (Å²) in [5.41, 5.74) is 4.03. The van der Waals surface area contributed by atoms with Crippen molar-refractivity contribution in [2.75, 3.05) is 37.7 Å². The largest absolute Gasteiger partial charge is 0.455 e. The fourth-order valence-electron chi connectivity index (χ4n) is 4.88. The van der Waals surface area contributed by atoms with Crippen LogP contribution in [-0.2, 0) is 0 Å². The number of nitrogens with one attached hydrogen (secondary N) is 1. The molecule has 0 aliphatic carbocycles. The van der Waals surface area contributed by atoms with Crippen LogP contribution in [-0.4, -0.2) is 59.5 Å². The van der Waals surface area contributed by atoms with Gasteiger partial charge in [0.25, 0.3) is 11.8 Å². The van der Waals surface area contributed by atoms with Crippen molar-refractivity contribution in [3.8, 4) is 11.3 Å². The summed E-state index contributed by atoms with van der Waals surface area (Å²) in [6.07, 6.45) is 7.20. The summed E-state index contributed by atoms with van der Waals surface area (Å²) in [5.74, 6) is -0.0853. The molecule has 0 spiro atoms. The summed E-state index contributed by atoms with van der Waals surface area (Å²) in [4.78, 5) is 31.0. The lowest BCUT2D eigenvalue weighted by molar-refractivity contribution is 0.0719. The number of aromatic nitrogens is 2. The van der Waals surface area contributed by atoms with Gasteiger partial charge in [0.15, 0.2) is 0 Å². The first-order valence-electron chi connectivity index (χ1n) is 13.6. The monoisotopic (exact) mass is 651 g/mol. The number of furan rings is 1. The first-order chi connectivity index (χ1) is 20.3. The highest BCUT2D eigenvalue weighted by molar-refractivity contribution is 9.10. The molecule has 11 heteroatoms. The Labute approximate surface area is 256 Å². The van der Waals surface area contributed by atoms with Crippen LogP contribution in [0.3, 0.4) is 0 Å². The van der Waals surface area contributed by atoms with Crippen molar-refractivity contribution >= 4 is 62.0 Å². The minimum atomic E-state index is -0.333. The van der Waals surface area contributed by atoms with Crippen LogP contribution in [0.15, 0.2) is 75.9 Å². The first-order valence-corrected chi connectivity index (χ1v) is 15.5. The van der Waals surface area contributed by atoms with Gasteiger partial charge in [-0.25, -0.2) is 9.37 Å². The predicted molar refractivity (Wildman–Crippen MR) is 170 cm³/mol. The lowest BCUT2D eigenvalue weighted by Crippen LogP contribution is -2.35. The zero-order valence-corrected chi connectivity index (χ0v) is 26.0. The second-order valence-corrected chi connectivity index (χ2v) is 11.5. The van der Waals surface area contributed by atoms with Crippen molar-refractivity contribution in [1.29, 1.82) is 0 Å². The van der Waals surface area contributed by atoms with Crippen LogP contribution in [0.5, 0.6) is 0 Å². The van der Waals surface area contributed by atoms with Crippen molar-refractivity contribution in [3.63, 3.8) is 0 Å². The van der Waals surface area contributed by atoms with Crippen molar-refractivity contribution in [1.82, 2.24) is 19.6 Å². The molecule has 1 aliphatic rings. The second kappa shape index (κ2) is 13.0. The molecule has 3 aromatic heterocycles. The number of fused-ring (bicyclic) bond motifs is 2. The Balaban J connectivity index is 0.000000175. The third-order valence-corrected chi connectivity index (χ3v) is 8.58. The molecule has 5 aromatic rings. The number of pyridine rings is 1. The van der Waals surface area contributed by atoms with Crippen LogP contribution in [0.4, 0.5) is 10.1 Å². The number of carbonyl (C=O) groups excluding carboxylic acids is 2. The van der Waals surface area contributed by atoms with Crippen LogP contribution in [0.2, 0.25) is 0 Å². The van der Waals surface area contributed by atoms with Crippen molar-refractivity contribution in [3.05, 3.63) is 88.5 Å². The molecule has 1 aliphatic heterocycles. The van der Waals surface area contributed by atoms with Gasteiger partial charge < -0.3 is 18.9 Å². The third-order valence-electron chi connectivity index (χ3n) is 7.18. The Kier molecular flexibility index (Phi) is 9.18. The first kappa shape index (κ1) is 29.7. The second-order valence-electron chi connectivity index (χ2n) is 9.81. The van der Waals surface area contributed by atoms with Crippen LogP contribution >= 0.6 is 27.9 Å². The number of piperidine rings is 1. The molecule has 42 heavy (non-hydrogen) atoms. The van der Waals surface area contributed by atoms with Crippen LogP contribution < -0.4 is 9.62 Å². The van der Waals surface area contributed by atoms with E-state index < -0.39 is 0 Å². The van der Waals surface area contributed by atoms with Crippen LogP contribution in [0, 0.1) is 5.82 Å². The normalized spacial score (nSPS) is 13.1. The highest BCUT2D eigenvalue weighted by Gasteiger charge is 2.23. The van der Waals surface area contributed by atoms with Crippen molar-refractivity contribution in [2.45, 2.75) is 19.3 Å². The quantitative estimate of drug-likeness (QED) is 0.162. The van der Waals surface area contributed by atoms with Gasteiger partial charge >= 0.3 is 0 Å². The fourth-order valence-corrected chi connectivity index (χ4v) is 5.64. The maximum absolute atomic E-state index is 13.2. The molecule has 0 saturated carbocycles. The number of likely N-dealkylation sites (tertiary alicyclic amines) is 1. The smallest absolute Gasteiger partial charge is 0.274 e. The molecule has 4 heterocycles. The van der Waals surface area contributed by atoms with E-state index in [1.54, 1.807) is 37.3 Å². The number of amides is 2. The average Bonchev–Trinajstić information content (AvgIpc) is 3.64. The minimum absolute atomic E-state index is 0.0466. The Bertz CT molecular complexity index is 1730. The van der Waals surface area contributed by atoms with Gasteiger partial charge in [0.05, 0.1) is 15.9 Å². The standard InChI is InChI=1S/C18H17FN2O2S.C13H14BrN3O/c1-20-18(22)16-14-9-8-13(21(2)24-3)10-15(14)23-17(16)11-4-6-12(19)7-5-11;14-11-5-4-6-12-15-10(9-17(11)12)13(18)16-7-2-1-3-8-16/h4-10H,1-3H3,(H,20,22);4-6,9H,1-3,7-8H2. The summed E-state index contributed by atoms with van der Waals surface area (Å²) in [7, 11) is 3.53. The molecular formula is C31H31BrFN5O3S. The Morgan fingerprint density at radius 2 is 1.81 bits per heavy atom. The van der Waals surface area contributed by atoms with Crippen LogP contribution in [0.25, 0.3) is 27.9 Å². The van der Waals surface area contributed by atoms with E-state index in [9.17, 15) is 14.0 Å². The molecule has 0 atom stereocenters. The lowest BCUT2D eigenvalue weighted by atomic mass is 10.0. The summed E-state index contributed by atoms with van der Waals surface area (Å²) in [6.45, 7) is 1.71. The Morgan fingerprint density at radius 1 is 1.07 bits per heavy atom. The van der Waals surface area contributed by atoms with Gasteiger partial charge in [0, 0.05) is 56.7 Å². The van der Waals surface area contributed by atoms with E-state index in [0.717, 1.165) is 47.3 Å². The molecule has 0 bridgehead atoms. The Morgan fingerprint density at radius 3 is 2.48 bits per heavy atom. The number of anilines is 1. The van der Waals surface area contributed by atoms with Gasteiger partial charge in [-0.15, -0.1) is 0 Å². The van der Waals surface area contributed by atoms with E-state index in [1.807, 2.05) is 63.3 Å². The Hall–Kier alpha value is -3.83. The third kappa shape index (κ3) is 6.17. The molecule has 0 radical (unpaired) electrons. The fraction of sp³-hybridized carbons (Fsp3) is 0.258. The van der Waals surface area contributed by atoms with Crippen molar-refractivity contribution < 1.29 is 18.4 Å². The van der Waals surface area contributed by atoms with Crippen molar-refractivity contribution in [2.24, 2.45) is 0 Å². The molecule has 1 saturated heterocycles. The van der Waals surface area contributed by atoms with Gasteiger partial charge in [-0.3, -0.25) is 14.0 Å². The summed E-state index contributed by atoms with van der Waals surface area (Å²) in [5, 5.41) is 3.37. The molecule has 218 valence electrons. The van der Waals surface area contributed by atoms with Gasteiger partial charge in [-0.05, 0) is 83.7 Å². The average molecular weight is 653 g/mol. The van der Waals surface area contributed by atoms with E-state index in [4.69, 9.17) is 4.42 Å². The van der Waals surface area contributed by atoms with Gasteiger partial charge in [0.2, 0.25) is 0 Å². The number of benzene rings is 2. The number of nitrogens with zero attached hydrogens (tertiary/aromatic N) is 4. The number of hydrogen-bond acceptors (Lipinski definition) is 6. The number of imidazole rings is 1. The maximum atomic E-state index is 13.2. The summed E-state index contributed by atoms with van der Waals surface area (Å²) in [6, 6.07) is 17.4. The highest BCUT2D eigenvalue weighted by Crippen LogP contribution is 2.36. The molecule has 2 amide bonds. The minimum Gasteiger partial charge on any atom is -0.455 e. The van der Waals surface area contributed by atoms with Crippen LogP contribution in [0.1, 0.15) is 40.1 Å². The van der Waals surface area contributed by atoms with E-state index in [-0.39, 0.29) is 17.6 Å². The molecule has 1 N–H and O–H groups in total. The number of rotatable bonds is 5. The number of halogens is 2. The van der Waals surface area contributed by atoms with Gasteiger partial charge in [-0.1, -0.05) is 18.0 Å². The number of hydrogen-bond donors (Lipinski definition) is 1. The highest BCUT2D eigenvalue weighted by atomic mass is 79.9.